The highest BCUT2D eigenvalue weighted by atomic mass is 79.9. The van der Waals surface area contributed by atoms with E-state index in [0.29, 0.717) is 0 Å². The van der Waals surface area contributed by atoms with Gasteiger partial charge < -0.3 is 20.1 Å². The number of aryl methyl sites for hydroxylation is 1. The van der Waals surface area contributed by atoms with Crippen LogP contribution in [0.4, 0.5) is 0 Å². The average Bonchev–Trinajstić information content (AvgIpc) is 3.01. The van der Waals surface area contributed by atoms with E-state index in [0.717, 1.165) is 38.8 Å². The van der Waals surface area contributed by atoms with Crippen LogP contribution in [0.5, 0.6) is 0 Å². The van der Waals surface area contributed by atoms with Crippen molar-refractivity contribution in [1.82, 2.24) is 9.97 Å². The Hall–Kier alpha value is -1.79. The molecule has 0 fully saturated rings. The number of furan rings is 1. The number of fused-ring (bicyclic) bond motifs is 1. The molecule has 0 aliphatic carbocycles. The van der Waals surface area contributed by atoms with E-state index < -0.39 is 0 Å². The molecule has 0 amide bonds. The van der Waals surface area contributed by atoms with E-state index in [9.17, 15) is 4.79 Å². The van der Waals surface area contributed by atoms with Gasteiger partial charge in [-0.05, 0) is 23.8 Å². The van der Waals surface area contributed by atoms with Gasteiger partial charge in [-0.1, -0.05) is 22.9 Å². The molecular weight excluding hydrogens is 322 g/mol. The van der Waals surface area contributed by atoms with E-state index in [1.165, 1.54) is 0 Å². The van der Waals surface area contributed by atoms with Crippen molar-refractivity contribution in [1.29, 1.82) is 0 Å². The number of H-pyrrole nitrogens is 2. The molecule has 0 radical (unpaired) electrons. The zero-order valence-electron chi connectivity index (χ0n) is 10.9. The van der Waals surface area contributed by atoms with E-state index in [4.69, 9.17) is 10.2 Å². The fraction of sp³-hybridized carbons (Fsp3) is 0.214. The fourth-order valence-corrected chi connectivity index (χ4v) is 2.98. The van der Waals surface area contributed by atoms with E-state index in [1.807, 2.05) is 25.1 Å². The van der Waals surface area contributed by atoms with E-state index >= 15 is 0 Å². The van der Waals surface area contributed by atoms with Crippen molar-refractivity contribution >= 4 is 27.0 Å². The summed E-state index contributed by atoms with van der Waals surface area (Å²) in [6.07, 6.45) is 2.44. The van der Waals surface area contributed by atoms with Gasteiger partial charge in [-0.15, -0.1) is 0 Å². The van der Waals surface area contributed by atoms with Crippen molar-refractivity contribution in [2.45, 2.75) is 19.4 Å². The maximum absolute atomic E-state index is 11.3. The van der Waals surface area contributed by atoms with Crippen molar-refractivity contribution in [2.75, 3.05) is 0 Å². The van der Waals surface area contributed by atoms with Crippen molar-refractivity contribution in [2.24, 2.45) is 5.73 Å². The molecule has 20 heavy (non-hydrogen) atoms. The molecule has 2 aromatic heterocycles. The lowest BCUT2D eigenvalue weighted by Gasteiger charge is -2.14. The molecule has 6 heteroatoms. The molecule has 0 saturated carbocycles. The van der Waals surface area contributed by atoms with Crippen LogP contribution in [0, 0.1) is 0 Å². The van der Waals surface area contributed by atoms with Crippen LogP contribution >= 0.6 is 15.9 Å². The standard InChI is InChI=1S/C14H14BrN3O2/c1-2-12-7(3-4-20-12)13(16)8-5-10-11(6-9(8)15)18-14(19)17-10/h3-6,13H,2,16H2,1H3,(H2,17,18,19). The zero-order chi connectivity index (χ0) is 14.3. The maximum atomic E-state index is 11.3. The molecule has 0 bridgehead atoms. The topological polar surface area (TPSA) is 87.8 Å². The van der Waals surface area contributed by atoms with Gasteiger partial charge in [-0.2, -0.15) is 0 Å². The molecule has 0 aliphatic rings. The molecule has 0 aliphatic heterocycles. The van der Waals surface area contributed by atoms with E-state index in [-0.39, 0.29) is 11.7 Å². The predicted molar refractivity (Wildman–Crippen MR) is 80.7 cm³/mol. The molecule has 2 heterocycles. The van der Waals surface area contributed by atoms with Crippen LogP contribution in [0.25, 0.3) is 11.0 Å². The molecular formula is C14H14BrN3O2. The summed E-state index contributed by atoms with van der Waals surface area (Å²) in [5, 5.41) is 0. The highest BCUT2D eigenvalue weighted by Gasteiger charge is 2.18. The Morgan fingerprint density at radius 2 is 2.00 bits per heavy atom. The van der Waals surface area contributed by atoms with Crippen molar-refractivity contribution < 1.29 is 4.42 Å². The first kappa shape index (κ1) is 13.2. The first-order valence-corrected chi connectivity index (χ1v) is 7.12. The van der Waals surface area contributed by atoms with Crippen LogP contribution in [-0.2, 0) is 6.42 Å². The molecule has 0 spiro atoms. The summed E-state index contributed by atoms with van der Waals surface area (Å²) in [7, 11) is 0. The second-order valence-electron chi connectivity index (χ2n) is 4.63. The monoisotopic (exact) mass is 335 g/mol. The lowest BCUT2D eigenvalue weighted by atomic mass is 9.99. The number of rotatable bonds is 3. The summed E-state index contributed by atoms with van der Waals surface area (Å²) >= 11 is 3.51. The number of nitrogens with one attached hydrogen (secondary N) is 2. The third-order valence-corrected chi connectivity index (χ3v) is 4.09. The van der Waals surface area contributed by atoms with Crippen LogP contribution in [0.1, 0.15) is 29.9 Å². The number of nitrogens with two attached hydrogens (primary N) is 1. The van der Waals surface area contributed by atoms with Crippen LogP contribution in [-0.4, -0.2) is 9.97 Å². The third-order valence-electron chi connectivity index (χ3n) is 3.40. The maximum Gasteiger partial charge on any atom is 0.323 e. The Kier molecular flexibility index (Phi) is 3.27. The molecule has 1 unspecified atom stereocenters. The van der Waals surface area contributed by atoms with Crippen molar-refractivity contribution in [3.63, 3.8) is 0 Å². The first-order chi connectivity index (χ1) is 9.60. The number of halogens is 1. The summed E-state index contributed by atoms with van der Waals surface area (Å²) in [5.74, 6) is 0.882. The molecule has 0 saturated heterocycles. The summed E-state index contributed by atoms with van der Waals surface area (Å²) < 4.78 is 6.29. The Morgan fingerprint density at radius 1 is 1.30 bits per heavy atom. The van der Waals surface area contributed by atoms with Crippen LogP contribution in [0.3, 0.4) is 0 Å². The van der Waals surface area contributed by atoms with Gasteiger partial charge in [0.1, 0.15) is 5.76 Å². The summed E-state index contributed by atoms with van der Waals surface area (Å²) in [5.41, 5.74) is 9.48. The Labute approximate surface area is 123 Å². The number of hydrogen-bond acceptors (Lipinski definition) is 3. The van der Waals surface area contributed by atoms with Gasteiger partial charge >= 0.3 is 5.69 Å². The largest absolute Gasteiger partial charge is 0.469 e. The Balaban J connectivity index is 2.13. The number of imidazole rings is 1. The minimum atomic E-state index is -0.305. The number of hydrogen-bond donors (Lipinski definition) is 3. The van der Waals surface area contributed by atoms with E-state index in [1.54, 1.807) is 6.26 Å². The Bertz CT molecular complexity index is 815. The molecule has 1 aromatic carbocycles. The van der Waals surface area contributed by atoms with Gasteiger partial charge in [0.2, 0.25) is 0 Å². The normalized spacial score (nSPS) is 12.9. The summed E-state index contributed by atoms with van der Waals surface area (Å²) in [4.78, 5) is 16.8. The number of aromatic nitrogens is 2. The van der Waals surface area contributed by atoms with Crippen LogP contribution in [0.2, 0.25) is 0 Å². The fourth-order valence-electron chi connectivity index (χ4n) is 2.39. The van der Waals surface area contributed by atoms with Gasteiger partial charge in [0.15, 0.2) is 0 Å². The third kappa shape index (κ3) is 2.10. The molecule has 3 aromatic rings. The van der Waals surface area contributed by atoms with Gasteiger partial charge in [-0.25, -0.2) is 4.79 Å². The molecule has 1 atom stereocenters. The van der Waals surface area contributed by atoms with E-state index in [2.05, 4.69) is 25.9 Å². The van der Waals surface area contributed by atoms with Crippen molar-refractivity contribution in [3.05, 3.63) is 56.3 Å². The first-order valence-electron chi connectivity index (χ1n) is 6.33. The lowest BCUT2D eigenvalue weighted by Crippen LogP contribution is -2.13. The number of aromatic amines is 2. The van der Waals surface area contributed by atoms with Gasteiger partial charge in [0, 0.05) is 16.5 Å². The SMILES string of the molecule is CCc1occc1C(N)c1cc2[nH]c(=O)[nH]c2cc1Br. The molecule has 3 rings (SSSR count). The highest BCUT2D eigenvalue weighted by Crippen LogP contribution is 2.31. The van der Waals surface area contributed by atoms with Gasteiger partial charge in [0.25, 0.3) is 0 Å². The van der Waals surface area contributed by atoms with Gasteiger partial charge in [-0.3, -0.25) is 0 Å². The minimum Gasteiger partial charge on any atom is -0.469 e. The molecule has 104 valence electrons. The highest BCUT2D eigenvalue weighted by molar-refractivity contribution is 9.10. The zero-order valence-corrected chi connectivity index (χ0v) is 12.5. The summed E-state index contributed by atoms with van der Waals surface area (Å²) in [6, 6.07) is 5.32. The van der Waals surface area contributed by atoms with Crippen LogP contribution in [0.15, 0.2) is 38.1 Å². The lowest BCUT2D eigenvalue weighted by molar-refractivity contribution is 0.509. The van der Waals surface area contributed by atoms with Crippen molar-refractivity contribution in [3.8, 4) is 0 Å². The Morgan fingerprint density at radius 3 is 2.70 bits per heavy atom. The summed E-state index contributed by atoms with van der Waals surface area (Å²) in [6.45, 7) is 2.02. The predicted octanol–water partition coefficient (Wildman–Crippen LogP) is 2.82. The minimum absolute atomic E-state index is 0.227. The quantitative estimate of drug-likeness (QED) is 0.687. The average molecular weight is 336 g/mol. The second kappa shape index (κ2) is 4.96. The van der Waals surface area contributed by atoms with Gasteiger partial charge in [0.05, 0.1) is 23.3 Å². The molecule has 4 N–H and O–H groups in total. The second-order valence-corrected chi connectivity index (χ2v) is 5.48. The molecule has 5 nitrogen and oxygen atoms in total. The smallest absolute Gasteiger partial charge is 0.323 e. The number of benzene rings is 1. The van der Waals surface area contributed by atoms with Crippen LogP contribution < -0.4 is 11.4 Å².